The Balaban J connectivity index is 1.73. The first kappa shape index (κ1) is 17.1. The van der Waals surface area contributed by atoms with Crippen molar-refractivity contribution in [1.82, 2.24) is 14.8 Å². The molecule has 1 aliphatic rings. The normalized spacial score (nSPS) is 21.7. The summed E-state index contributed by atoms with van der Waals surface area (Å²) in [5.74, 6) is 0.378. The molecule has 2 N–H and O–H groups in total. The van der Waals surface area contributed by atoms with Crippen molar-refractivity contribution < 1.29 is 4.79 Å². The Kier molecular flexibility index (Phi) is 4.69. The average molecular weight is 386 g/mol. The van der Waals surface area contributed by atoms with Crippen molar-refractivity contribution in [3.63, 3.8) is 0 Å². The number of hydrogen-bond acceptors (Lipinski definition) is 6. The summed E-state index contributed by atoms with van der Waals surface area (Å²) in [6.45, 7) is 2.02. The predicted octanol–water partition coefficient (Wildman–Crippen LogP) is 3.72. The molecule has 26 heavy (non-hydrogen) atoms. The van der Waals surface area contributed by atoms with Crippen molar-refractivity contribution >= 4 is 40.6 Å². The van der Waals surface area contributed by atoms with E-state index in [1.807, 2.05) is 59.6 Å². The second-order valence-corrected chi connectivity index (χ2v) is 7.89. The third kappa shape index (κ3) is 3.10. The van der Waals surface area contributed by atoms with Gasteiger partial charge in [-0.05, 0) is 36.8 Å². The molecule has 0 bridgehead atoms. The minimum Gasteiger partial charge on any atom is -0.351 e. The monoisotopic (exact) mass is 385 g/mol. The molecule has 1 amide bonds. The molecule has 3 atom stereocenters. The van der Waals surface area contributed by atoms with Crippen molar-refractivity contribution in [2.75, 3.05) is 16.9 Å². The molecule has 0 fully saturated rings. The highest BCUT2D eigenvalue weighted by Gasteiger charge is 2.42. The molecule has 3 heterocycles. The lowest BCUT2D eigenvalue weighted by atomic mass is 9.89. The molecule has 0 spiro atoms. The van der Waals surface area contributed by atoms with Gasteiger partial charge in [0.25, 0.3) is 0 Å². The van der Waals surface area contributed by atoms with Crippen LogP contribution < -0.4 is 10.6 Å². The summed E-state index contributed by atoms with van der Waals surface area (Å²) in [6.07, 6.45) is 1.95. The van der Waals surface area contributed by atoms with E-state index in [2.05, 4.69) is 26.8 Å². The summed E-state index contributed by atoms with van der Waals surface area (Å²) < 4.78 is 1.85. The zero-order valence-electron chi connectivity index (χ0n) is 14.4. The predicted molar refractivity (Wildman–Crippen MR) is 106 cm³/mol. The van der Waals surface area contributed by atoms with Crippen LogP contribution in [0.4, 0.5) is 11.6 Å². The van der Waals surface area contributed by atoms with Crippen LogP contribution in [0.2, 0.25) is 0 Å². The fraction of sp³-hybridized carbons (Fsp3) is 0.278. The Morgan fingerprint density at radius 1 is 1.27 bits per heavy atom. The number of aromatic nitrogens is 3. The van der Waals surface area contributed by atoms with E-state index < -0.39 is 0 Å². The largest absolute Gasteiger partial charge is 0.351 e. The van der Waals surface area contributed by atoms with Gasteiger partial charge in [0.15, 0.2) is 0 Å². The van der Waals surface area contributed by atoms with Gasteiger partial charge in [0.1, 0.15) is 6.04 Å². The zero-order valence-corrected chi connectivity index (χ0v) is 16.1. The molecule has 134 valence electrons. The van der Waals surface area contributed by atoms with E-state index in [1.54, 1.807) is 11.3 Å². The van der Waals surface area contributed by atoms with Crippen LogP contribution in [0.5, 0.6) is 0 Å². The molecule has 1 aromatic carbocycles. The van der Waals surface area contributed by atoms with Crippen LogP contribution in [-0.2, 0) is 4.79 Å². The van der Waals surface area contributed by atoms with Crippen LogP contribution in [0.3, 0.4) is 0 Å². The minimum absolute atomic E-state index is 0.0264. The topological polar surface area (TPSA) is 71.8 Å². The van der Waals surface area contributed by atoms with Gasteiger partial charge in [0.05, 0.1) is 5.92 Å². The lowest BCUT2D eigenvalue weighted by molar-refractivity contribution is -0.121. The van der Waals surface area contributed by atoms with Crippen LogP contribution in [-0.4, -0.2) is 33.0 Å². The van der Waals surface area contributed by atoms with Crippen LogP contribution in [0.1, 0.15) is 17.8 Å². The number of nitrogens with one attached hydrogen (secondary N) is 2. The minimum atomic E-state index is -0.308. The second kappa shape index (κ2) is 7.13. The molecule has 3 aromatic rings. The second-order valence-electron chi connectivity index (χ2n) is 6.14. The smallest absolute Gasteiger partial charge is 0.232 e. The Labute approximate surface area is 160 Å². The fourth-order valence-corrected chi connectivity index (χ4v) is 4.48. The Hall–Kier alpha value is -2.32. The third-order valence-corrected chi connectivity index (χ3v) is 5.95. The van der Waals surface area contributed by atoms with Crippen molar-refractivity contribution in [2.24, 2.45) is 5.92 Å². The van der Waals surface area contributed by atoms with Gasteiger partial charge in [-0.2, -0.15) is 4.98 Å². The maximum absolute atomic E-state index is 13.2. The van der Waals surface area contributed by atoms with E-state index >= 15 is 0 Å². The molecule has 0 saturated carbocycles. The summed E-state index contributed by atoms with van der Waals surface area (Å²) in [4.78, 5) is 18.8. The maximum atomic E-state index is 13.2. The molecule has 3 unspecified atom stereocenters. The van der Waals surface area contributed by atoms with Crippen LogP contribution >= 0.6 is 23.1 Å². The summed E-state index contributed by atoms with van der Waals surface area (Å²) in [6, 6.07) is 13.4. The number of thiophene rings is 1. The van der Waals surface area contributed by atoms with Crippen molar-refractivity contribution in [2.45, 2.75) is 24.2 Å². The van der Waals surface area contributed by atoms with E-state index in [0.29, 0.717) is 11.1 Å². The number of hydrogen-bond donors (Lipinski definition) is 2. The highest BCUT2D eigenvalue weighted by molar-refractivity contribution is 7.98. The first-order chi connectivity index (χ1) is 12.7. The number of carbonyl (C=O) groups is 1. The Morgan fingerprint density at radius 3 is 2.77 bits per heavy atom. The van der Waals surface area contributed by atoms with Gasteiger partial charge in [-0.1, -0.05) is 36.0 Å². The molecule has 2 aromatic heterocycles. The number of amides is 1. The molecule has 0 radical (unpaired) electrons. The van der Waals surface area contributed by atoms with Gasteiger partial charge in [0, 0.05) is 16.6 Å². The number of thioether (sulfide) groups is 1. The Bertz CT molecular complexity index is 894. The Morgan fingerprint density at radius 2 is 2.08 bits per heavy atom. The number of nitrogens with zero attached hydrogens (tertiary/aromatic N) is 3. The molecule has 4 rings (SSSR count). The lowest BCUT2D eigenvalue weighted by Crippen LogP contribution is -2.46. The number of carbonyl (C=O) groups excluding carboxylic acids is 1. The van der Waals surface area contributed by atoms with Crippen molar-refractivity contribution in [3.8, 4) is 0 Å². The number of para-hydroxylation sites is 1. The molecular weight excluding hydrogens is 366 g/mol. The van der Waals surface area contributed by atoms with Gasteiger partial charge in [-0.15, -0.1) is 16.4 Å². The number of rotatable bonds is 4. The van der Waals surface area contributed by atoms with E-state index in [0.717, 1.165) is 10.6 Å². The van der Waals surface area contributed by atoms with Crippen LogP contribution in [0, 0.1) is 5.92 Å². The molecule has 0 aliphatic carbocycles. The van der Waals surface area contributed by atoms with E-state index in [-0.39, 0.29) is 23.9 Å². The molecule has 6 nitrogen and oxygen atoms in total. The summed E-state index contributed by atoms with van der Waals surface area (Å²) >= 11 is 3.13. The van der Waals surface area contributed by atoms with Crippen LogP contribution in [0.25, 0.3) is 0 Å². The van der Waals surface area contributed by atoms with Gasteiger partial charge < -0.3 is 10.6 Å². The fourth-order valence-electron chi connectivity index (χ4n) is 3.28. The van der Waals surface area contributed by atoms with E-state index in [1.165, 1.54) is 11.8 Å². The van der Waals surface area contributed by atoms with Crippen molar-refractivity contribution in [3.05, 3.63) is 52.7 Å². The number of anilines is 2. The van der Waals surface area contributed by atoms with Gasteiger partial charge in [-0.3, -0.25) is 4.79 Å². The standard InChI is InChI=1S/C18H19N5OS2/c1-11-14(16(24)20-12-7-4-3-5-8-12)15(13-9-6-10-26-13)23-17(19-11)21-18(22-23)25-2/h3-11,14-15H,1-2H3,(H,20,24)(H,19,21,22). The summed E-state index contributed by atoms with van der Waals surface area (Å²) in [5.41, 5.74) is 0.795. The zero-order chi connectivity index (χ0) is 18.1. The van der Waals surface area contributed by atoms with E-state index in [9.17, 15) is 4.79 Å². The first-order valence-corrected chi connectivity index (χ1v) is 10.4. The highest BCUT2D eigenvalue weighted by Crippen LogP contribution is 2.39. The number of fused-ring (bicyclic) bond motifs is 1. The number of benzene rings is 1. The molecule has 8 heteroatoms. The average Bonchev–Trinajstić information content (AvgIpc) is 3.30. The highest BCUT2D eigenvalue weighted by atomic mass is 32.2. The van der Waals surface area contributed by atoms with Gasteiger partial charge >= 0.3 is 0 Å². The first-order valence-electron chi connectivity index (χ1n) is 8.34. The van der Waals surface area contributed by atoms with Gasteiger partial charge in [0.2, 0.25) is 17.0 Å². The lowest BCUT2D eigenvalue weighted by Gasteiger charge is -2.36. The molecular formula is C18H19N5OS2. The van der Waals surface area contributed by atoms with E-state index in [4.69, 9.17) is 0 Å². The summed E-state index contributed by atoms with van der Waals surface area (Å²) in [5, 5.41) is 13.7. The third-order valence-electron chi connectivity index (χ3n) is 4.47. The summed E-state index contributed by atoms with van der Waals surface area (Å²) in [7, 11) is 0. The quantitative estimate of drug-likeness (QED) is 0.670. The molecule has 1 aliphatic heterocycles. The van der Waals surface area contributed by atoms with Crippen molar-refractivity contribution in [1.29, 1.82) is 0 Å². The van der Waals surface area contributed by atoms with Gasteiger partial charge in [-0.25, -0.2) is 4.68 Å². The van der Waals surface area contributed by atoms with Crippen LogP contribution in [0.15, 0.2) is 53.0 Å². The SMILES string of the molecule is CSc1nc2n(n1)C(c1cccs1)C(C(=O)Nc1ccccc1)C(C)N2. The molecule has 0 saturated heterocycles. The maximum Gasteiger partial charge on any atom is 0.232 e.